The van der Waals surface area contributed by atoms with E-state index in [-0.39, 0.29) is 17.9 Å². The number of amidine groups is 1. The lowest BCUT2D eigenvalue weighted by molar-refractivity contribution is 0.160. The summed E-state index contributed by atoms with van der Waals surface area (Å²) in [5.74, 6) is -2.77. The van der Waals surface area contributed by atoms with Crippen molar-refractivity contribution in [1.82, 2.24) is 10.3 Å². The van der Waals surface area contributed by atoms with E-state index in [2.05, 4.69) is 10.3 Å². The van der Waals surface area contributed by atoms with Gasteiger partial charge in [0.15, 0.2) is 17.1 Å². The van der Waals surface area contributed by atoms with Gasteiger partial charge >= 0.3 is 0 Å². The molecule has 0 aliphatic carbocycles. The highest BCUT2D eigenvalue weighted by Gasteiger charge is 2.20. The summed E-state index contributed by atoms with van der Waals surface area (Å²) in [7, 11) is 1.61. The van der Waals surface area contributed by atoms with E-state index in [0.717, 1.165) is 22.7 Å². The third-order valence-electron chi connectivity index (χ3n) is 3.28. The number of aromatic nitrogens is 1. The Labute approximate surface area is 150 Å². The van der Waals surface area contributed by atoms with Crippen molar-refractivity contribution < 1.29 is 18.3 Å². The minimum absolute atomic E-state index is 0.0175. The highest BCUT2D eigenvalue weighted by Crippen LogP contribution is 2.35. The van der Waals surface area contributed by atoms with Crippen LogP contribution in [0.2, 0.25) is 0 Å². The summed E-state index contributed by atoms with van der Waals surface area (Å²) >= 11 is 2.85. The zero-order chi connectivity index (χ0) is 18.0. The molecule has 0 saturated carbocycles. The van der Waals surface area contributed by atoms with Crippen LogP contribution in [-0.4, -0.2) is 23.5 Å². The van der Waals surface area contributed by atoms with Crippen molar-refractivity contribution in [3.63, 3.8) is 0 Å². The smallest absolute Gasteiger partial charge is 0.180 e. The lowest BCUT2D eigenvalue weighted by atomic mass is 10.1. The molecule has 1 atom stereocenters. The van der Waals surface area contributed by atoms with E-state index in [1.807, 2.05) is 11.6 Å². The van der Waals surface area contributed by atoms with E-state index in [0.29, 0.717) is 5.01 Å². The molecule has 4 N–H and O–H groups in total. The average Bonchev–Trinajstić information content (AvgIpc) is 3.22. The van der Waals surface area contributed by atoms with Gasteiger partial charge in [-0.15, -0.1) is 11.3 Å². The number of benzene rings is 1. The second-order valence-electron chi connectivity index (χ2n) is 4.92. The van der Waals surface area contributed by atoms with Crippen LogP contribution in [0.1, 0.15) is 16.3 Å². The topological polar surface area (TPSA) is 93.2 Å². The number of ether oxygens (including phenoxy) is 2. The van der Waals surface area contributed by atoms with Crippen molar-refractivity contribution in [3.8, 4) is 5.75 Å². The molecule has 0 fully saturated rings. The van der Waals surface area contributed by atoms with Crippen LogP contribution >= 0.6 is 23.1 Å². The first-order chi connectivity index (χ1) is 12.0. The van der Waals surface area contributed by atoms with Gasteiger partial charge in [0, 0.05) is 18.7 Å². The van der Waals surface area contributed by atoms with Crippen molar-refractivity contribution in [1.29, 1.82) is 5.41 Å². The molecule has 10 heteroatoms. The molecule has 0 spiro atoms. The summed E-state index contributed by atoms with van der Waals surface area (Å²) in [6.07, 6.45) is 1.82. The number of hydrogen-bond acceptors (Lipinski definition) is 7. The van der Waals surface area contributed by atoms with Gasteiger partial charge in [-0.3, -0.25) is 5.41 Å². The largest absolute Gasteiger partial charge is 0.483 e. The molecule has 0 saturated heterocycles. The molecule has 1 aliphatic heterocycles. The number of methoxy groups -OCH3 is 1. The SMILES string of the molecule is COC1NC=C(c2csc(COc3ccc(F)c(C(=N)N)c3F)n2)S1. The number of nitrogens with two attached hydrogens (primary N) is 1. The number of hydrogen-bond donors (Lipinski definition) is 3. The maximum Gasteiger partial charge on any atom is 0.180 e. The van der Waals surface area contributed by atoms with Crippen LogP contribution in [-0.2, 0) is 11.3 Å². The third kappa shape index (κ3) is 3.75. The Morgan fingerprint density at radius 2 is 2.24 bits per heavy atom. The summed E-state index contributed by atoms with van der Waals surface area (Å²) in [5, 5.41) is 12.8. The van der Waals surface area contributed by atoms with Gasteiger partial charge in [-0.05, 0) is 12.1 Å². The van der Waals surface area contributed by atoms with Gasteiger partial charge < -0.3 is 20.5 Å². The number of thioether (sulfide) groups is 1. The van der Waals surface area contributed by atoms with Crippen LogP contribution in [0.4, 0.5) is 8.78 Å². The Kier molecular flexibility index (Phi) is 5.21. The molecule has 1 aliphatic rings. The third-order valence-corrected chi connectivity index (χ3v) is 5.22. The van der Waals surface area contributed by atoms with Crippen LogP contribution in [0, 0.1) is 17.0 Å². The molecule has 0 bridgehead atoms. The Morgan fingerprint density at radius 1 is 1.44 bits per heavy atom. The molecule has 2 heterocycles. The van der Waals surface area contributed by atoms with E-state index >= 15 is 0 Å². The van der Waals surface area contributed by atoms with Gasteiger partial charge in [0.05, 0.1) is 16.2 Å². The molecular formula is C15H14F2N4O2S2. The van der Waals surface area contributed by atoms with Gasteiger partial charge in [-0.1, -0.05) is 11.8 Å². The van der Waals surface area contributed by atoms with Crippen LogP contribution < -0.4 is 15.8 Å². The maximum absolute atomic E-state index is 14.2. The molecule has 25 heavy (non-hydrogen) atoms. The van der Waals surface area contributed by atoms with Crippen molar-refractivity contribution in [2.75, 3.05) is 7.11 Å². The van der Waals surface area contributed by atoms with Crippen molar-refractivity contribution in [3.05, 3.63) is 51.6 Å². The van der Waals surface area contributed by atoms with Crippen LogP contribution in [0.3, 0.4) is 0 Å². The Balaban J connectivity index is 1.69. The fraction of sp³-hybridized carbons (Fsp3) is 0.200. The standard InChI is InChI=1S/C15H14F2N4O2S2/c1-22-15-20-4-10(25-15)8-6-24-11(21-8)5-23-9-3-2-7(16)12(13(9)17)14(18)19/h2-4,6,15,20H,5H2,1H3,(H3,18,19). The summed E-state index contributed by atoms with van der Waals surface area (Å²) in [6.45, 7) is 0.0175. The minimum atomic E-state index is -0.995. The molecule has 3 rings (SSSR count). The van der Waals surface area contributed by atoms with Gasteiger partial charge in [0.1, 0.15) is 23.3 Å². The highest BCUT2D eigenvalue weighted by atomic mass is 32.2. The predicted octanol–water partition coefficient (Wildman–Crippen LogP) is 2.85. The van der Waals surface area contributed by atoms with Crippen LogP contribution in [0.5, 0.6) is 5.75 Å². The average molecular weight is 384 g/mol. The van der Waals surface area contributed by atoms with Crippen molar-refractivity contribution in [2.45, 2.75) is 12.2 Å². The molecule has 0 amide bonds. The number of rotatable bonds is 6. The zero-order valence-electron chi connectivity index (χ0n) is 13.0. The Bertz CT molecular complexity index is 841. The fourth-order valence-corrected chi connectivity index (χ4v) is 3.70. The summed E-state index contributed by atoms with van der Waals surface area (Å²) in [6, 6.07) is 2.17. The number of halogens is 2. The summed E-state index contributed by atoms with van der Waals surface area (Å²) in [4.78, 5) is 5.36. The van der Waals surface area contributed by atoms with E-state index in [9.17, 15) is 8.78 Å². The predicted molar refractivity (Wildman–Crippen MR) is 93.3 cm³/mol. The van der Waals surface area contributed by atoms with E-state index in [4.69, 9.17) is 20.6 Å². The monoisotopic (exact) mass is 384 g/mol. The number of nitrogens with one attached hydrogen (secondary N) is 2. The number of nitrogen functional groups attached to an aromatic ring is 1. The first-order valence-corrected chi connectivity index (χ1v) is 8.81. The lowest BCUT2D eigenvalue weighted by Gasteiger charge is -2.09. The van der Waals surface area contributed by atoms with Gasteiger partial charge in [0.2, 0.25) is 0 Å². The minimum Gasteiger partial charge on any atom is -0.483 e. The fourth-order valence-electron chi connectivity index (χ4n) is 2.10. The van der Waals surface area contributed by atoms with Gasteiger partial charge in [0.25, 0.3) is 0 Å². The lowest BCUT2D eigenvalue weighted by Crippen LogP contribution is -2.17. The van der Waals surface area contributed by atoms with E-state index in [1.165, 1.54) is 23.1 Å². The van der Waals surface area contributed by atoms with Gasteiger partial charge in [-0.2, -0.15) is 0 Å². The van der Waals surface area contributed by atoms with E-state index < -0.39 is 23.0 Å². The van der Waals surface area contributed by atoms with Crippen LogP contribution in [0.25, 0.3) is 4.91 Å². The summed E-state index contributed by atoms with van der Waals surface area (Å²) in [5.41, 5.74) is 5.23. The van der Waals surface area contributed by atoms with E-state index in [1.54, 1.807) is 7.11 Å². The normalized spacial score (nSPS) is 16.4. The molecule has 1 unspecified atom stereocenters. The second kappa shape index (κ2) is 7.38. The van der Waals surface area contributed by atoms with Crippen molar-refractivity contribution >= 4 is 33.8 Å². The summed E-state index contributed by atoms with van der Waals surface area (Å²) < 4.78 is 38.3. The highest BCUT2D eigenvalue weighted by molar-refractivity contribution is 8.08. The second-order valence-corrected chi connectivity index (χ2v) is 6.97. The maximum atomic E-state index is 14.2. The number of nitrogens with zero attached hydrogens (tertiary/aromatic N) is 1. The molecule has 132 valence electrons. The molecule has 1 aromatic heterocycles. The molecule has 1 aromatic carbocycles. The first-order valence-electron chi connectivity index (χ1n) is 7.05. The van der Waals surface area contributed by atoms with Crippen LogP contribution in [0.15, 0.2) is 23.7 Å². The van der Waals surface area contributed by atoms with Gasteiger partial charge in [-0.25, -0.2) is 13.8 Å². The Morgan fingerprint density at radius 3 is 2.92 bits per heavy atom. The Hall–Kier alpha value is -2.17. The molecular weight excluding hydrogens is 370 g/mol. The van der Waals surface area contributed by atoms with Crippen molar-refractivity contribution in [2.24, 2.45) is 5.73 Å². The first kappa shape index (κ1) is 17.6. The molecule has 6 nitrogen and oxygen atoms in total. The zero-order valence-corrected chi connectivity index (χ0v) is 14.6. The molecule has 0 radical (unpaired) electrons. The quantitative estimate of drug-likeness (QED) is 0.524. The number of thiazole rings is 1. The molecule has 2 aromatic rings.